The minimum Gasteiger partial charge on any atom is -0.394 e. The van der Waals surface area contributed by atoms with Crippen molar-refractivity contribution >= 4 is 5.91 Å². The molecular formula is C9H18N2O2. The van der Waals surface area contributed by atoms with Crippen LogP contribution < -0.4 is 5.32 Å². The van der Waals surface area contributed by atoms with Gasteiger partial charge in [-0.2, -0.15) is 0 Å². The zero-order valence-corrected chi connectivity index (χ0v) is 8.50. The van der Waals surface area contributed by atoms with Gasteiger partial charge in [0.05, 0.1) is 6.61 Å². The maximum absolute atomic E-state index is 11.4. The van der Waals surface area contributed by atoms with Crippen LogP contribution >= 0.6 is 0 Å². The van der Waals surface area contributed by atoms with Gasteiger partial charge < -0.3 is 10.4 Å². The van der Waals surface area contributed by atoms with Crippen LogP contribution in [-0.2, 0) is 4.79 Å². The summed E-state index contributed by atoms with van der Waals surface area (Å²) in [6.45, 7) is 7.52. The van der Waals surface area contributed by atoms with E-state index < -0.39 is 0 Å². The molecule has 0 aromatic heterocycles. The second kappa shape index (κ2) is 3.64. The Morgan fingerprint density at radius 2 is 2.23 bits per heavy atom. The fraction of sp³-hybridized carbons (Fsp3) is 0.889. The van der Waals surface area contributed by atoms with Crippen LogP contribution in [0.5, 0.6) is 0 Å². The number of amides is 1. The fourth-order valence-electron chi connectivity index (χ4n) is 1.70. The molecule has 0 bridgehead atoms. The summed E-state index contributed by atoms with van der Waals surface area (Å²) in [4.78, 5) is 13.4. The maximum Gasteiger partial charge on any atom is 0.239 e. The van der Waals surface area contributed by atoms with E-state index in [4.69, 9.17) is 5.11 Å². The number of rotatable bonds is 1. The topological polar surface area (TPSA) is 52.6 Å². The Hall–Kier alpha value is -0.610. The van der Waals surface area contributed by atoms with E-state index in [-0.39, 0.29) is 24.1 Å². The smallest absolute Gasteiger partial charge is 0.239 e. The molecule has 1 unspecified atom stereocenters. The Morgan fingerprint density at radius 1 is 1.62 bits per heavy atom. The Kier molecular flexibility index (Phi) is 2.93. The molecule has 1 aliphatic heterocycles. The molecule has 0 aliphatic carbocycles. The summed E-state index contributed by atoms with van der Waals surface area (Å²) in [6, 6.07) is -0.381. The Balaban J connectivity index is 2.76. The summed E-state index contributed by atoms with van der Waals surface area (Å²) in [6.07, 6.45) is 0. The molecule has 0 spiro atoms. The lowest BCUT2D eigenvalue weighted by Crippen LogP contribution is -2.62. The molecule has 4 nitrogen and oxygen atoms in total. The van der Waals surface area contributed by atoms with E-state index in [0.29, 0.717) is 6.54 Å². The third-order valence-corrected chi connectivity index (χ3v) is 2.37. The zero-order valence-electron chi connectivity index (χ0n) is 8.50. The average molecular weight is 186 g/mol. The summed E-state index contributed by atoms with van der Waals surface area (Å²) in [5.74, 6) is -0.0660. The number of aliphatic hydroxyl groups excluding tert-OH is 1. The van der Waals surface area contributed by atoms with Crippen LogP contribution in [-0.4, -0.2) is 47.2 Å². The van der Waals surface area contributed by atoms with E-state index in [1.165, 1.54) is 0 Å². The van der Waals surface area contributed by atoms with Crippen molar-refractivity contribution < 1.29 is 9.90 Å². The highest BCUT2D eigenvalue weighted by molar-refractivity contribution is 5.82. The first-order valence-electron chi connectivity index (χ1n) is 4.62. The molecule has 1 heterocycles. The predicted octanol–water partition coefficient (Wildman–Crippen LogP) is -0.422. The van der Waals surface area contributed by atoms with Gasteiger partial charge in [-0.15, -0.1) is 0 Å². The van der Waals surface area contributed by atoms with Crippen molar-refractivity contribution in [3.8, 4) is 0 Å². The van der Waals surface area contributed by atoms with Crippen molar-refractivity contribution in [1.29, 1.82) is 0 Å². The van der Waals surface area contributed by atoms with Gasteiger partial charge in [-0.05, 0) is 20.8 Å². The van der Waals surface area contributed by atoms with Crippen molar-refractivity contribution in [2.75, 3.05) is 19.7 Å². The number of carbonyl (C=O) groups excluding carboxylic acids is 1. The average Bonchev–Trinajstić information content (AvgIpc) is 2.02. The Bertz CT molecular complexity index is 198. The molecule has 1 saturated heterocycles. The molecular weight excluding hydrogens is 168 g/mol. The molecule has 2 N–H and O–H groups in total. The highest BCUT2D eigenvalue weighted by Crippen LogP contribution is 2.18. The van der Waals surface area contributed by atoms with Crippen LogP contribution in [0.1, 0.15) is 20.8 Å². The Morgan fingerprint density at radius 3 is 2.62 bits per heavy atom. The molecule has 0 radical (unpaired) electrons. The predicted molar refractivity (Wildman–Crippen MR) is 50.3 cm³/mol. The minimum atomic E-state index is -0.381. The van der Waals surface area contributed by atoms with Crippen LogP contribution in [0.4, 0.5) is 0 Å². The number of hydrogen-bond donors (Lipinski definition) is 2. The van der Waals surface area contributed by atoms with Gasteiger partial charge in [-0.25, -0.2) is 0 Å². The summed E-state index contributed by atoms with van der Waals surface area (Å²) >= 11 is 0. The van der Waals surface area contributed by atoms with E-state index in [1.54, 1.807) is 0 Å². The lowest BCUT2D eigenvalue weighted by atomic mass is 10.0. The molecule has 76 valence electrons. The van der Waals surface area contributed by atoms with E-state index >= 15 is 0 Å². The van der Waals surface area contributed by atoms with Crippen molar-refractivity contribution in [1.82, 2.24) is 10.2 Å². The van der Waals surface area contributed by atoms with Gasteiger partial charge >= 0.3 is 0 Å². The summed E-state index contributed by atoms with van der Waals surface area (Å²) in [5.41, 5.74) is -0.0643. The number of carbonyl (C=O) groups is 1. The van der Waals surface area contributed by atoms with Crippen molar-refractivity contribution in [2.45, 2.75) is 32.4 Å². The van der Waals surface area contributed by atoms with Gasteiger partial charge in [0.1, 0.15) is 6.04 Å². The van der Waals surface area contributed by atoms with E-state index in [9.17, 15) is 4.79 Å². The largest absolute Gasteiger partial charge is 0.394 e. The lowest BCUT2D eigenvalue weighted by molar-refractivity contribution is -0.133. The molecule has 0 saturated carbocycles. The third kappa shape index (κ3) is 2.19. The Labute approximate surface area is 78.9 Å². The molecule has 13 heavy (non-hydrogen) atoms. The molecule has 4 heteroatoms. The van der Waals surface area contributed by atoms with Crippen LogP contribution in [0.15, 0.2) is 0 Å². The van der Waals surface area contributed by atoms with Gasteiger partial charge in [0.25, 0.3) is 0 Å². The van der Waals surface area contributed by atoms with Gasteiger partial charge in [0.2, 0.25) is 5.91 Å². The quantitative estimate of drug-likeness (QED) is 0.584. The van der Waals surface area contributed by atoms with Gasteiger partial charge in [-0.1, -0.05) is 0 Å². The number of nitrogens with zero attached hydrogens (tertiary/aromatic N) is 1. The van der Waals surface area contributed by atoms with E-state index in [0.717, 1.165) is 6.54 Å². The minimum absolute atomic E-state index is 0.0643. The lowest BCUT2D eigenvalue weighted by Gasteiger charge is -2.43. The number of piperazine rings is 1. The second-order valence-electron chi connectivity index (χ2n) is 4.35. The molecule has 0 aromatic carbocycles. The first-order valence-corrected chi connectivity index (χ1v) is 4.62. The zero-order chi connectivity index (χ0) is 10.1. The van der Waals surface area contributed by atoms with E-state index in [1.807, 2.05) is 25.7 Å². The van der Waals surface area contributed by atoms with Crippen LogP contribution in [0.25, 0.3) is 0 Å². The normalized spacial score (nSPS) is 25.8. The van der Waals surface area contributed by atoms with Gasteiger partial charge in [0.15, 0.2) is 0 Å². The second-order valence-corrected chi connectivity index (χ2v) is 4.35. The molecule has 1 atom stereocenters. The highest BCUT2D eigenvalue weighted by Gasteiger charge is 2.35. The summed E-state index contributed by atoms with van der Waals surface area (Å²) in [5, 5.41) is 11.8. The first kappa shape index (κ1) is 10.5. The number of aliphatic hydroxyl groups is 1. The molecule has 1 rings (SSSR count). The third-order valence-electron chi connectivity index (χ3n) is 2.37. The molecule has 1 amide bonds. The summed E-state index contributed by atoms with van der Waals surface area (Å²) in [7, 11) is 0. The standard InChI is InChI=1S/C9H18N2O2/c1-9(2,3)11-5-4-10-8(13)7(11)6-12/h7,12H,4-6H2,1-3H3,(H,10,13). The number of nitrogens with one attached hydrogen (secondary N) is 1. The number of hydrogen-bond acceptors (Lipinski definition) is 3. The van der Waals surface area contributed by atoms with Crippen LogP contribution in [0.3, 0.4) is 0 Å². The van der Waals surface area contributed by atoms with Crippen molar-refractivity contribution in [3.05, 3.63) is 0 Å². The fourth-order valence-corrected chi connectivity index (χ4v) is 1.70. The SMILES string of the molecule is CC(C)(C)N1CCNC(=O)C1CO. The van der Waals surface area contributed by atoms with Crippen LogP contribution in [0, 0.1) is 0 Å². The maximum atomic E-state index is 11.4. The van der Waals surface area contributed by atoms with Crippen molar-refractivity contribution in [2.24, 2.45) is 0 Å². The molecule has 1 fully saturated rings. The molecule has 0 aromatic rings. The van der Waals surface area contributed by atoms with Crippen LogP contribution in [0.2, 0.25) is 0 Å². The van der Waals surface area contributed by atoms with Crippen molar-refractivity contribution in [3.63, 3.8) is 0 Å². The highest BCUT2D eigenvalue weighted by atomic mass is 16.3. The molecule has 1 aliphatic rings. The van der Waals surface area contributed by atoms with Gasteiger partial charge in [-0.3, -0.25) is 9.69 Å². The summed E-state index contributed by atoms with van der Waals surface area (Å²) < 4.78 is 0. The van der Waals surface area contributed by atoms with E-state index in [2.05, 4.69) is 5.32 Å². The first-order chi connectivity index (χ1) is 5.96. The monoisotopic (exact) mass is 186 g/mol. The van der Waals surface area contributed by atoms with Gasteiger partial charge in [0, 0.05) is 18.6 Å².